The fourth-order valence-corrected chi connectivity index (χ4v) is 2.96. The van der Waals surface area contributed by atoms with E-state index in [9.17, 15) is 4.79 Å². The molecular formula is C14H19BrN2O. The SMILES string of the molecule is CNCC1CCCN(C(=O)c2ccccc2Br)C1. The lowest BCUT2D eigenvalue weighted by molar-refractivity contribution is 0.0673. The van der Waals surface area contributed by atoms with Gasteiger partial charge in [0.05, 0.1) is 5.56 Å². The minimum atomic E-state index is 0.142. The Labute approximate surface area is 117 Å². The topological polar surface area (TPSA) is 32.3 Å². The lowest BCUT2D eigenvalue weighted by Gasteiger charge is -2.33. The van der Waals surface area contributed by atoms with Crippen molar-refractivity contribution in [2.24, 2.45) is 5.92 Å². The minimum absolute atomic E-state index is 0.142. The standard InChI is InChI=1S/C14H19BrN2O/c1-16-9-11-5-4-8-17(10-11)14(18)12-6-2-3-7-13(12)15/h2-3,6-7,11,16H,4-5,8-10H2,1H3. The van der Waals surface area contributed by atoms with Crippen LogP contribution in [0.2, 0.25) is 0 Å². The Morgan fingerprint density at radius 1 is 1.50 bits per heavy atom. The van der Waals surface area contributed by atoms with Gasteiger partial charge in [0, 0.05) is 17.6 Å². The molecule has 3 nitrogen and oxygen atoms in total. The van der Waals surface area contributed by atoms with E-state index < -0.39 is 0 Å². The van der Waals surface area contributed by atoms with Gasteiger partial charge in [0.2, 0.25) is 0 Å². The first-order valence-electron chi connectivity index (χ1n) is 6.40. The number of benzene rings is 1. The summed E-state index contributed by atoms with van der Waals surface area (Å²) in [6.07, 6.45) is 2.31. The van der Waals surface area contributed by atoms with E-state index >= 15 is 0 Å². The summed E-state index contributed by atoms with van der Waals surface area (Å²) in [5.41, 5.74) is 0.766. The van der Waals surface area contributed by atoms with Crippen LogP contribution in [0.1, 0.15) is 23.2 Å². The highest BCUT2D eigenvalue weighted by Crippen LogP contribution is 2.22. The summed E-state index contributed by atoms with van der Waals surface area (Å²) in [6.45, 7) is 2.72. The molecule has 0 saturated carbocycles. The molecular weight excluding hydrogens is 292 g/mol. The van der Waals surface area contributed by atoms with Gasteiger partial charge in [-0.1, -0.05) is 12.1 Å². The molecule has 1 aliphatic rings. The van der Waals surface area contributed by atoms with E-state index in [-0.39, 0.29) is 5.91 Å². The number of piperidine rings is 1. The molecule has 1 heterocycles. The van der Waals surface area contributed by atoms with Crippen LogP contribution in [0.4, 0.5) is 0 Å². The quantitative estimate of drug-likeness (QED) is 0.930. The van der Waals surface area contributed by atoms with Gasteiger partial charge in [0.1, 0.15) is 0 Å². The van der Waals surface area contributed by atoms with Crippen molar-refractivity contribution < 1.29 is 4.79 Å². The van der Waals surface area contributed by atoms with Gasteiger partial charge < -0.3 is 10.2 Å². The second-order valence-corrected chi connectivity index (χ2v) is 5.65. The van der Waals surface area contributed by atoms with Gasteiger partial charge in [-0.2, -0.15) is 0 Å². The van der Waals surface area contributed by atoms with Crippen molar-refractivity contribution in [3.05, 3.63) is 34.3 Å². The minimum Gasteiger partial charge on any atom is -0.338 e. The van der Waals surface area contributed by atoms with Crippen molar-refractivity contribution in [3.8, 4) is 0 Å². The Kier molecular flexibility index (Phi) is 4.78. The van der Waals surface area contributed by atoms with E-state index in [1.165, 1.54) is 6.42 Å². The summed E-state index contributed by atoms with van der Waals surface area (Å²) in [5.74, 6) is 0.721. The molecule has 0 aliphatic carbocycles. The molecule has 4 heteroatoms. The van der Waals surface area contributed by atoms with Crippen molar-refractivity contribution in [2.75, 3.05) is 26.7 Å². The molecule has 1 aliphatic heterocycles. The van der Waals surface area contributed by atoms with Gasteiger partial charge in [-0.25, -0.2) is 0 Å². The molecule has 1 atom stereocenters. The first kappa shape index (κ1) is 13.6. The highest BCUT2D eigenvalue weighted by molar-refractivity contribution is 9.10. The van der Waals surface area contributed by atoms with Gasteiger partial charge in [-0.3, -0.25) is 4.79 Å². The molecule has 18 heavy (non-hydrogen) atoms. The molecule has 1 fully saturated rings. The average Bonchev–Trinajstić information content (AvgIpc) is 2.39. The number of nitrogens with zero attached hydrogens (tertiary/aromatic N) is 1. The molecule has 1 saturated heterocycles. The van der Waals surface area contributed by atoms with Crippen LogP contribution < -0.4 is 5.32 Å². The molecule has 1 unspecified atom stereocenters. The number of rotatable bonds is 3. The van der Waals surface area contributed by atoms with Crippen LogP contribution in [0.3, 0.4) is 0 Å². The molecule has 98 valence electrons. The number of carbonyl (C=O) groups excluding carboxylic acids is 1. The number of likely N-dealkylation sites (tertiary alicyclic amines) is 1. The second-order valence-electron chi connectivity index (χ2n) is 4.80. The molecule has 2 rings (SSSR count). The van der Waals surface area contributed by atoms with Crippen LogP contribution in [0.25, 0.3) is 0 Å². The van der Waals surface area contributed by atoms with Crippen LogP contribution in [0, 0.1) is 5.92 Å². The third kappa shape index (κ3) is 3.12. The summed E-state index contributed by atoms with van der Waals surface area (Å²) in [7, 11) is 1.97. The largest absolute Gasteiger partial charge is 0.338 e. The van der Waals surface area contributed by atoms with Crippen LogP contribution in [-0.4, -0.2) is 37.5 Å². The lowest BCUT2D eigenvalue weighted by atomic mass is 9.97. The Bertz CT molecular complexity index is 420. The van der Waals surface area contributed by atoms with E-state index in [0.717, 1.165) is 36.1 Å². The van der Waals surface area contributed by atoms with Crippen LogP contribution in [0.5, 0.6) is 0 Å². The average molecular weight is 311 g/mol. The van der Waals surface area contributed by atoms with Crippen molar-refractivity contribution in [1.82, 2.24) is 10.2 Å². The predicted molar refractivity (Wildman–Crippen MR) is 76.7 cm³/mol. The molecule has 0 spiro atoms. The third-order valence-electron chi connectivity index (χ3n) is 3.40. The Morgan fingerprint density at radius 3 is 3.00 bits per heavy atom. The fourth-order valence-electron chi connectivity index (χ4n) is 2.51. The second kappa shape index (κ2) is 6.34. The Hall–Kier alpha value is -0.870. The van der Waals surface area contributed by atoms with E-state index in [2.05, 4.69) is 21.2 Å². The maximum Gasteiger partial charge on any atom is 0.255 e. The number of nitrogens with one attached hydrogen (secondary N) is 1. The van der Waals surface area contributed by atoms with E-state index in [0.29, 0.717) is 5.92 Å². The molecule has 1 amide bonds. The molecule has 0 bridgehead atoms. The summed E-state index contributed by atoms with van der Waals surface area (Å²) in [4.78, 5) is 14.4. The van der Waals surface area contributed by atoms with Crippen molar-refractivity contribution >= 4 is 21.8 Å². The summed E-state index contributed by atoms with van der Waals surface area (Å²) < 4.78 is 0.880. The van der Waals surface area contributed by atoms with Crippen molar-refractivity contribution in [2.45, 2.75) is 12.8 Å². The number of amides is 1. The van der Waals surface area contributed by atoms with E-state index in [1.54, 1.807) is 0 Å². The zero-order chi connectivity index (χ0) is 13.0. The Balaban J connectivity index is 2.07. The first-order valence-corrected chi connectivity index (χ1v) is 7.20. The van der Waals surface area contributed by atoms with E-state index in [4.69, 9.17) is 0 Å². The van der Waals surface area contributed by atoms with Crippen molar-refractivity contribution in [1.29, 1.82) is 0 Å². The van der Waals surface area contributed by atoms with Crippen LogP contribution in [0.15, 0.2) is 28.7 Å². The molecule has 1 N–H and O–H groups in total. The smallest absolute Gasteiger partial charge is 0.255 e. The van der Waals surface area contributed by atoms with Gasteiger partial charge in [0.25, 0.3) is 5.91 Å². The van der Waals surface area contributed by atoms with Crippen LogP contribution in [-0.2, 0) is 0 Å². The van der Waals surface area contributed by atoms with E-state index in [1.807, 2.05) is 36.2 Å². The third-order valence-corrected chi connectivity index (χ3v) is 4.09. The molecule has 0 aromatic heterocycles. The zero-order valence-electron chi connectivity index (χ0n) is 10.7. The highest BCUT2D eigenvalue weighted by atomic mass is 79.9. The Morgan fingerprint density at radius 2 is 2.28 bits per heavy atom. The van der Waals surface area contributed by atoms with Gasteiger partial charge in [-0.15, -0.1) is 0 Å². The maximum atomic E-state index is 12.4. The normalized spacial score (nSPS) is 19.9. The van der Waals surface area contributed by atoms with Crippen molar-refractivity contribution in [3.63, 3.8) is 0 Å². The van der Waals surface area contributed by atoms with Gasteiger partial charge in [0.15, 0.2) is 0 Å². The number of carbonyl (C=O) groups is 1. The number of hydrogen-bond acceptors (Lipinski definition) is 2. The number of hydrogen-bond donors (Lipinski definition) is 1. The summed E-state index contributed by atoms with van der Waals surface area (Å²) in [6, 6.07) is 7.64. The van der Waals surface area contributed by atoms with Gasteiger partial charge in [-0.05, 0) is 60.4 Å². The molecule has 0 radical (unpaired) electrons. The summed E-state index contributed by atoms with van der Waals surface area (Å²) in [5, 5.41) is 3.20. The maximum absolute atomic E-state index is 12.4. The number of halogens is 1. The molecule has 1 aromatic rings. The highest BCUT2D eigenvalue weighted by Gasteiger charge is 2.24. The zero-order valence-corrected chi connectivity index (χ0v) is 12.2. The predicted octanol–water partition coefficient (Wildman–Crippen LogP) is 2.52. The monoisotopic (exact) mass is 310 g/mol. The lowest BCUT2D eigenvalue weighted by Crippen LogP contribution is -2.42. The fraction of sp³-hybridized carbons (Fsp3) is 0.500. The van der Waals surface area contributed by atoms with Crippen LogP contribution >= 0.6 is 15.9 Å². The molecule has 1 aromatic carbocycles. The first-order chi connectivity index (χ1) is 8.72. The van der Waals surface area contributed by atoms with Gasteiger partial charge >= 0.3 is 0 Å². The summed E-state index contributed by atoms with van der Waals surface area (Å²) >= 11 is 3.45.